The average Bonchev–Trinajstić information content (AvgIpc) is 3.95. The molecule has 0 spiro atoms. The third-order valence-electron chi connectivity index (χ3n) is 9.00. The largest absolute Gasteiger partial charge is 0.497 e. The molecule has 5 rings (SSSR count). The number of rotatable bonds is 12. The monoisotopic (exact) mass is 686 g/mol. The number of hydrogen-bond donors (Lipinski definition) is 4. The van der Waals surface area contributed by atoms with Crippen molar-refractivity contribution in [3.63, 3.8) is 0 Å². The molecule has 1 aliphatic heterocycles. The number of amides is 4. The van der Waals surface area contributed by atoms with Gasteiger partial charge in [-0.25, -0.2) is 23.2 Å². The van der Waals surface area contributed by atoms with Gasteiger partial charge in [0.25, 0.3) is 5.91 Å². The Labute approximate surface area is 278 Å². The number of nitrogens with one attached hydrogen (secondary N) is 3. The van der Waals surface area contributed by atoms with Gasteiger partial charge in [-0.05, 0) is 43.2 Å². The quantitative estimate of drug-likeness (QED) is 0.237. The summed E-state index contributed by atoms with van der Waals surface area (Å²) < 4.78 is 38.9. The zero-order valence-corrected chi connectivity index (χ0v) is 28.4. The van der Waals surface area contributed by atoms with E-state index in [1.165, 1.54) is 18.1 Å². The van der Waals surface area contributed by atoms with Gasteiger partial charge in [-0.15, -0.1) is 6.58 Å². The van der Waals surface area contributed by atoms with Crippen LogP contribution < -0.4 is 24.8 Å². The summed E-state index contributed by atoms with van der Waals surface area (Å²) in [5.41, 5.74) is -0.760. The fourth-order valence-electron chi connectivity index (χ4n) is 6.00. The highest BCUT2D eigenvalue weighted by Gasteiger charge is 2.62. The van der Waals surface area contributed by atoms with Crippen LogP contribution in [0.4, 0.5) is 4.79 Å². The summed E-state index contributed by atoms with van der Waals surface area (Å²) in [5, 5.41) is 13.9. The van der Waals surface area contributed by atoms with E-state index >= 15 is 0 Å². The van der Waals surface area contributed by atoms with Gasteiger partial charge in [0.05, 0.1) is 29.9 Å². The predicted octanol–water partition coefficient (Wildman–Crippen LogP) is 1.90. The fourth-order valence-corrected chi connectivity index (χ4v) is 7.36. The molecule has 5 atom stereocenters. The maximum atomic E-state index is 14.1. The van der Waals surface area contributed by atoms with Crippen molar-refractivity contribution in [3.05, 3.63) is 36.5 Å². The summed E-state index contributed by atoms with van der Waals surface area (Å²) in [7, 11) is -2.37. The number of aryl methyl sites for hydroxylation is 1. The van der Waals surface area contributed by atoms with E-state index in [1.54, 1.807) is 39.0 Å². The molecule has 4 N–H and O–H groups in total. The first-order valence-corrected chi connectivity index (χ1v) is 17.4. The van der Waals surface area contributed by atoms with E-state index < -0.39 is 74.1 Å². The Kier molecular flexibility index (Phi) is 9.34. The fraction of sp³-hybridized carbons (Fsp3) is 0.562. The topological polar surface area (TPSA) is 206 Å². The standard InChI is InChI=1S/C32H42N6O9S/c1-7-17-15-32(17,29(41)37-48(44,45)20-10-11-20)36-26(39)24-14-19(16-38(24)28(40)25(31(3,4)5)35-30(42)43)47-27-21(8-2)33-22-12-9-18(46-6)13-23(22)34-27/h7,9,12-13,17,19-20,24-25,35H,1,8,10-11,14-16H2,2-6H3,(H,36,39)(H,37,41)(H,42,43)/t17-,19-,24+,25-,32-/m1/s1. The molecule has 260 valence electrons. The molecule has 4 amide bonds. The number of carboxylic acid groups (broad SMARTS) is 1. The zero-order chi connectivity index (χ0) is 35.2. The number of methoxy groups -OCH3 is 1. The molecule has 2 heterocycles. The van der Waals surface area contributed by atoms with Crippen molar-refractivity contribution >= 4 is 44.9 Å². The first-order valence-electron chi connectivity index (χ1n) is 15.8. The van der Waals surface area contributed by atoms with Crippen molar-refractivity contribution < 1.29 is 42.2 Å². The van der Waals surface area contributed by atoms with Crippen LogP contribution in [-0.2, 0) is 30.8 Å². The Hall–Kier alpha value is -4.47. The summed E-state index contributed by atoms with van der Waals surface area (Å²) in [6.07, 6.45) is 0.748. The van der Waals surface area contributed by atoms with Crippen LogP contribution in [-0.4, -0.2) is 94.8 Å². The number of nitrogens with zero attached hydrogens (tertiary/aromatic N) is 3. The third-order valence-corrected chi connectivity index (χ3v) is 10.8. The summed E-state index contributed by atoms with van der Waals surface area (Å²) in [6, 6.07) is 2.82. The van der Waals surface area contributed by atoms with E-state index in [2.05, 4.69) is 31.9 Å². The average molecular weight is 687 g/mol. The van der Waals surface area contributed by atoms with E-state index in [9.17, 15) is 32.7 Å². The molecule has 2 aromatic rings. The number of likely N-dealkylation sites (tertiary alicyclic amines) is 1. The highest BCUT2D eigenvalue weighted by molar-refractivity contribution is 7.91. The van der Waals surface area contributed by atoms with Crippen molar-refractivity contribution in [1.82, 2.24) is 30.2 Å². The van der Waals surface area contributed by atoms with Crippen molar-refractivity contribution in [3.8, 4) is 11.6 Å². The molecule has 1 aromatic heterocycles. The van der Waals surface area contributed by atoms with Crippen molar-refractivity contribution in [2.75, 3.05) is 13.7 Å². The molecule has 1 saturated heterocycles. The number of benzene rings is 1. The SMILES string of the molecule is C=C[C@@H]1C[C@]1(NC(=O)[C@@H]1C[C@@H](Oc2nc3cc(OC)ccc3nc2CC)CN1C(=O)[C@@H](NC(=O)O)C(C)(C)C)C(=O)NS(=O)(=O)C1CC1. The molecular formula is C32H42N6O9S. The van der Waals surface area contributed by atoms with E-state index in [4.69, 9.17) is 9.47 Å². The number of carbonyl (C=O) groups is 4. The minimum atomic E-state index is -3.90. The lowest BCUT2D eigenvalue weighted by Crippen LogP contribution is -2.60. The summed E-state index contributed by atoms with van der Waals surface area (Å²) >= 11 is 0. The minimum Gasteiger partial charge on any atom is -0.497 e. The molecular weight excluding hydrogens is 644 g/mol. The number of sulfonamides is 1. The number of fused-ring (bicyclic) bond motifs is 1. The van der Waals surface area contributed by atoms with Crippen LogP contribution in [0.1, 0.15) is 59.1 Å². The Balaban J connectivity index is 1.45. The van der Waals surface area contributed by atoms with Crippen LogP contribution in [0.5, 0.6) is 11.6 Å². The number of hydrogen-bond acceptors (Lipinski definition) is 10. The lowest BCUT2D eigenvalue weighted by molar-refractivity contribution is -0.142. The lowest BCUT2D eigenvalue weighted by Gasteiger charge is -2.35. The van der Waals surface area contributed by atoms with Gasteiger partial charge in [-0.2, -0.15) is 0 Å². The van der Waals surface area contributed by atoms with Gasteiger partial charge in [-0.3, -0.25) is 19.1 Å². The van der Waals surface area contributed by atoms with Crippen molar-refractivity contribution in [1.29, 1.82) is 0 Å². The van der Waals surface area contributed by atoms with Gasteiger partial charge < -0.3 is 30.1 Å². The maximum Gasteiger partial charge on any atom is 0.405 e. The van der Waals surface area contributed by atoms with E-state index in [0.29, 0.717) is 41.7 Å². The second-order valence-corrected chi connectivity index (χ2v) is 15.6. The molecule has 0 bridgehead atoms. The van der Waals surface area contributed by atoms with Crippen molar-refractivity contribution in [2.45, 2.75) is 88.8 Å². The molecule has 3 fully saturated rings. The van der Waals surface area contributed by atoms with E-state index in [0.717, 1.165) is 0 Å². The molecule has 3 aliphatic rings. The Morgan fingerprint density at radius 2 is 1.90 bits per heavy atom. The first-order chi connectivity index (χ1) is 22.5. The van der Waals surface area contributed by atoms with Crippen LogP contribution in [0.2, 0.25) is 0 Å². The van der Waals surface area contributed by atoms with Gasteiger partial charge in [0.2, 0.25) is 27.7 Å². The van der Waals surface area contributed by atoms with Gasteiger partial charge in [0.1, 0.15) is 35.2 Å². The Bertz CT molecular complexity index is 1760. The van der Waals surface area contributed by atoms with Crippen LogP contribution in [0, 0.1) is 11.3 Å². The van der Waals surface area contributed by atoms with Gasteiger partial charge in [-0.1, -0.05) is 33.8 Å². The second kappa shape index (κ2) is 12.9. The van der Waals surface area contributed by atoms with Gasteiger partial charge in [0, 0.05) is 18.4 Å². The summed E-state index contributed by atoms with van der Waals surface area (Å²) in [4.78, 5) is 63.7. The third kappa shape index (κ3) is 7.03. The molecule has 2 saturated carbocycles. The van der Waals surface area contributed by atoms with Crippen LogP contribution in [0.15, 0.2) is 30.9 Å². The summed E-state index contributed by atoms with van der Waals surface area (Å²) in [6.45, 7) is 10.6. The Morgan fingerprint density at radius 3 is 2.46 bits per heavy atom. The smallest absolute Gasteiger partial charge is 0.405 e. The van der Waals surface area contributed by atoms with Crippen LogP contribution in [0.3, 0.4) is 0 Å². The minimum absolute atomic E-state index is 0.0285. The number of ether oxygens (including phenoxy) is 2. The van der Waals surface area contributed by atoms with Crippen LogP contribution in [0.25, 0.3) is 11.0 Å². The van der Waals surface area contributed by atoms with Gasteiger partial charge >= 0.3 is 6.09 Å². The molecule has 0 unspecified atom stereocenters. The maximum absolute atomic E-state index is 14.1. The van der Waals surface area contributed by atoms with Crippen molar-refractivity contribution in [2.24, 2.45) is 11.3 Å². The number of carbonyl (C=O) groups excluding carboxylic acids is 3. The molecule has 0 radical (unpaired) electrons. The van der Waals surface area contributed by atoms with E-state index in [-0.39, 0.29) is 25.3 Å². The molecule has 15 nitrogen and oxygen atoms in total. The Morgan fingerprint density at radius 1 is 1.19 bits per heavy atom. The second-order valence-electron chi connectivity index (χ2n) is 13.6. The lowest BCUT2D eigenvalue weighted by atomic mass is 9.85. The van der Waals surface area contributed by atoms with Gasteiger partial charge in [0.15, 0.2) is 0 Å². The molecule has 1 aromatic carbocycles. The molecule has 16 heteroatoms. The van der Waals surface area contributed by atoms with E-state index in [1.807, 2.05) is 6.92 Å². The highest BCUT2D eigenvalue weighted by atomic mass is 32.2. The summed E-state index contributed by atoms with van der Waals surface area (Å²) in [5.74, 6) is -2.01. The normalized spacial score (nSPS) is 24.4. The molecule has 2 aliphatic carbocycles. The zero-order valence-electron chi connectivity index (χ0n) is 27.6. The van der Waals surface area contributed by atoms with Crippen LogP contribution >= 0.6 is 0 Å². The highest BCUT2D eigenvalue weighted by Crippen LogP contribution is 2.45. The molecule has 48 heavy (non-hydrogen) atoms. The number of aromatic nitrogens is 2. The first kappa shape index (κ1) is 34.9. The predicted molar refractivity (Wildman–Crippen MR) is 174 cm³/mol.